The Labute approximate surface area is 131 Å². The largest absolute Gasteiger partial charge is 0.359 e. The average molecular weight is 291 g/mol. The molecule has 0 fully saturated rings. The van der Waals surface area contributed by atoms with Crippen molar-refractivity contribution < 1.29 is 0 Å². The molecule has 3 heteroatoms. The summed E-state index contributed by atoms with van der Waals surface area (Å²) in [6.07, 6.45) is 4.66. The van der Waals surface area contributed by atoms with Crippen molar-refractivity contribution in [3.63, 3.8) is 0 Å². The van der Waals surface area contributed by atoms with Crippen molar-refractivity contribution in [2.45, 2.75) is 20.0 Å². The predicted octanol–water partition coefficient (Wildman–Crippen LogP) is 4.21. The summed E-state index contributed by atoms with van der Waals surface area (Å²) in [5.74, 6) is 0. The summed E-state index contributed by atoms with van der Waals surface area (Å²) < 4.78 is 2.33. The minimum Gasteiger partial charge on any atom is -0.359 e. The predicted molar refractivity (Wildman–Crippen MR) is 94.0 cm³/mol. The van der Waals surface area contributed by atoms with Gasteiger partial charge in [0.2, 0.25) is 0 Å². The van der Waals surface area contributed by atoms with Gasteiger partial charge < -0.3 is 14.4 Å². The lowest BCUT2D eigenvalue weighted by molar-refractivity contribution is 0.383. The van der Waals surface area contributed by atoms with Crippen molar-refractivity contribution in [2.24, 2.45) is 7.05 Å². The van der Waals surface area contributed by atoms with Gasteiger partial charge in [-0.1, -0.05) is 30.3 Å². The van der Waals surface area contributed by atoms with Crippen molar-refractivity contribution >= 4 is 27.5 Å². The number of fused-ring (bicyclic) bond motifs is 3. The molecule has 0 spiro atoms. The summed E-state index contributed by atoms with van der Waals surface area (Å²) >= 11 is 0. The Bertz CT molecular complexity index is 904. The molecule has 1 aromatic heterocycles. The van der Waals surface area contributed by atoms with Crippen LogP contribution in [0.1, 0.15) is 12.5 Å². The second-order valence-corrected chi connectivity index (χ2v) is 6.21. The molecule has 22 heavy (non-hydrogen) atoms. The molecule has 3 nitrogen and oxygen atoms in total. The molecule has 112 valence electrons. The molecule has 0 saturated heterocycles. The number of benzene rings is 2. The second-order valence-electron chi connectivity index (χ2n) is 6.21. The second kappa shape index (κ2) is 4.54. The molecule has 4 rings (SSSR count). The van der Waals surface area contributed by atoms with E-state index in [1.807, 2.05) is 0 Å². The quantitative estimate of drug-likeness (QED) is 0.665. The van der Waals surface area contributed by atoms with E-state index in [1.165, 1.54) is 33.1 Å². The van der Waals surface area contributed by atoms with Crippen LogP contribution in [0.2, 0.25) is 0 Å². The summed E-state index contributed by atoms with van der Waals surface area (Å²) in [5.41, 5.74) is 5.22. The van der Waals surface area contributed by atoms with Gasteiger partial charge in [0.1, 0.15) is 6.17 Å². The summed E-state index contributed by atoms with van der Waals surface area (Å²) in [6, 6.07) is 13.1. The first-order valence-electron chi connectivity index (χ1n) is 7.75. The van der Waals surface area contributed by atoms with Crippen LogP contribution in [0, 0.1) is 6.92 Å². The number of hydrogen-bond acceptors (Lipinski definition) is 2. The van der Waals surface area contributed by atoms with Crippen LogP contribution in [-0.2, 0) is 7.05 Å². The smallest absolute Gasteiger partial charge is 0.102 e. The summed E-state index contributed by atoms with van der Waals surface area (Å²) in [5, 5.41) is 2.65. The number of rotatable bonds is 1. The minimum atomic E-state index is 0.335. The van der Waals surface area contributed by atoms with Gasteiger partial charge in [-0.15, -0.1) is 0 Å². The van der Waals surface area contributed by atoms with E-state index >= 15 is 0 Å². The van der Waals surface area contributed by atoms with Crippen molar-refractivity contribution in [1.82, 2.24) is 9.47 Å². The lowest BCUT2D eigenvalue weighted by atomic mass is 10.1. The molecule has 1 atom stereocenters. The monoisotopic (exact) mass is 291 g/mol. The van der Waals surface area contributed by atoms with Crippen LogP contribution >= 0.6 is 0 Å². The molecule has 0 unspecified atom stereocenters. The Morgan fingerprint density at radius 2 is 1.68 bits per heavy atom. The van der Waals surface area contributed by atoms with Crippen LogP contribution in [0.5, 0.6) is 0 Å². The van der Waals surface area contributed by atoms with Crippen LogP contribution in [0.25, 0.3) is 21.8 Å². The van der Waals surface area contributed by atoms with Crippen LogP contribution in [0.4, 0.5) is 5.69 Å². The van der Waals surface area contributed by atoms with Gasteiger partial charge in [-0.25, -0.2) is 0 Å². The summed E-state index contributed by atoms with van der Waals surface area (Å²) in [4.78, 5) is 4.61. The first-order chi connectivity index (χ1) is 10.6. The van der Waals surface area contributed by atoms with Crippen LogP contribution in [0.3, 0.4) is 0 Å². The third-order valence-electron chi connectivity index (χ3n) is 4.96. The standard InChI is InChI=1S/C19H21N3/c1-13-9-10-16-15-7-5-6-8-17(15)21(4)19(16)18(13)22-12-11-20(3)14(22)2/h5-12,14H,1-4H3/t14-/m0/s1. The SMILES string of the molecule is Cc1ccc2c3ccccc3n(C)c2c1N1C=CN(C)[C@@H]1C. The zero-order valence-electron chi connectivity index (χ0n) is 13.5. The van der Waals surface area contributed by atoms with Crippen LogP contribution in [-0.4, -0.2) is 22.7 Å². The number of aryl methyl sites for hydroxylation is 2. The van der Waals surface area contributed by atoms with E-state index in [0.29, 0.717) is 6.17 Å². The van der Waals surface area contributed by atoms with Crippen molar-refractivity contribution in [3.05, 3.63) is 54.4 Å². The molecule has 0 saturated carbocycles. The van der Waals surface area contributed by atoms with Gasteiger partial charge in [-0.3, -0.25) is 0 Å². The van der Waals surface area contributed by atoms with Crippen molar-refractivity contribution in [3.8, 4) is 0 Å². The third kappa shape index (κ3) is 1.62. The molecule has 1 aliphatic rings. The molecule has 0 aliphatic carbocycles. The van der Waals surface area contributed by atoms with E-state index in [4.69, 9.17) is 0 Å². The maximum Gasteiger partial charge on any atom is 0.102 e. The Morgan fingerprint density at radius 3 is 2.41 bits per heavy atom. The lowest BCUT2D eigenvalue weighted by Gasteiger charge is -2.29. The fraction of sp³-hybridized carbons (Fsp3) is 0.263. The Morgan fingerprint density at radius 1 is 0.909 bits per heavy atom. The first-order valence-corrected chi connectivity index (χ1v) is 7.75. The number of para-hydroxylation sites is 1. The number of aromatic nitrogens is 1. The van der Waals surface area contributed by atoms with E-state index in [9.17, 15) is 0 Å². The van der Waals surface area contributed by atoms with Gasteiger partial charge in [0.05, 0.1) is 11.2 Å². The van der Waals surface area contributed by atoms with Crippen molar-refractivity contribution in [1.29, 1.82) is 0 Å². The average Bonchev–Trinajstić information content (AvgIpc) is 3.00. The van der Waals surface area contributed by atoms with Crippen LogP contribution < -0.4 is 4.90 Å². The highest BCUT2D eigenvalue weighted by Crippen LogP contribution is 2.38. The molecule has 0 N–H and O–H groups in total. The van der Waals surface area contributed by atoms with Gasteiger partial charge in [0.15, 0.2) is 0 Å². The molecular weight excluding hydrogens is 270 g/mol. The zero-order valence-corrected chi connectivity index (χ0v) is 13.5. The molecule has 2 aromatic carbocycles. The number of nitrogens with zero attached hydrogens (tertiary/aromatic N) is 3. The lowest BCUT2D eigenvalue weighted by Crippen LogP contribution is -2.34. The summed E-state index contributed by atoms with van der Waals surface area (Å²) in [6.45, 7) is 4.44. The van der Waals surface area contributed by atoms with E-state index in [1.54, 1.807) is 0 Å². The molecule has 0 radical (unpaired) electrons. The highest BCUT2D eigenvalue weighted by atomic mass is 15.4. The molecule has 0 bridgehead atoms. The third-order valence-corrected chi connectivity index (χ3v) is 4.96. The van der Waals surface area contributed by atoms with Gasteiger partial charge >= 0.3 is 0 Å². The fourth-order valence-corrected chi connectivity index (χ4v) is 3.56. The van der Waals surface area contributed by atoms with E-state index in [-0.39, 0.29) is 0 Å². The Kier molecular flexibility index (Phi) is 2.73. The topological polar surface area (TPSA) is 11.4 Å². The van der Waals surface area contributed by atoms with Crippen molar-refractivity contribution in [2.75, 3.05) is 11.9 Å². The van der Waals surface area contributed by atoms with Gasteiger partial charge in [0.25, 0.3) is 0 Å². The molecule has 3 aromatic rings. The van der Waals surface area contributed by atoms with E-state index in [0.717, 1.165) is 0 Å². The maximum atomic E-state index is 2.37. The Balaban J connectivity index is 2.10. The van der Waals surface area contributed by atoms with E-state index < -0.39 is 0 Å². The van der Waals surface area contributed by atoms with Gasteiger partial charge in [-0.05, 0) is 25.5 Å². The highest BCUT2D eigenvalue weighted by molar-refractivity contribution is 6.12. The first kappa shape index (κ1) is 13.3. The normalized spacial score (nSPS) is 18.1. The zero-order chi connectivity index (χ0) is 15.4. The summed E-state index contributed by atoms with van der Waals surface area (Å²) in [7, 11) is 4.29. The Hall–Kier alpha value is -2.42. The van der Waals surface area contributed by atoms with Gasteiger partial charge in [-0.2, -0.15) is 0 Å². The van der Waals surface area contributed by atoms with Gasteiger partial charge in [0, 0.05) is 42.8 Å². The molecular formula is C19H21N3. The molecule has 0 amide bonds. The van der Waals surface area contributed by atoms with Crippen LogP contribution in [0.15, 0.2) is 48.8 Å². The molecule has 2 heterocycles. The minimum absolute atomic E-state index is 0.335. The highest BCUT2D eigenvalue weighted by Gasteiger charge is 2.25. The number of anilines is 1. The fourth-order valence-electron chi connectivity index (χ4n) is 3.56. The van der Waals surface area contributed by atoms with E-state index in [2.05, 4.69) is 91.1 Å². The maximum absolute atomic E-state index is 2.37. The number of hydrogen-bond donors (Lipinski definition) is 0. The molecule has 1 aliphatic heterocycles.